The Hall–Kier alpha value is -2.38. The molecule has 0 saturated carbocycles. The number of hydrogen-bond acceptors (Lipinski definition) is 4. The molecule has 1 atom stereocenters. The van der Waals surface area contributed by atoms with Gasteiger partial charge in [0.05, 0.1) is 4.90 Å². The van der Waals surface area contributed by atoms with Gasteiger partial charge in [0.15, 0.2) is 0 Å². The molecule has 156 valence electrons. The minimum atomic E-state index is -3.44. The standard InChI is InChI=1S/C22H29N3O3S/c1-16(2)18-7-6-8-20(15-18)23-17(3)22(26)24-19-9-11-21(12-10-19)29(27,28)25-13-4-5-14-25/h6-12,15-17,23H,4-5,13-14H2,1-3H3,(H,24,26)/t17-/m0/s1. The molecule has 29 heavy (non-hydrogen) atoms. The van der Waals surface area contributed by atoms with Crippen molar-refractivity contribution in [3.63, 3.8) is 0 Å². The fraction of sp³-hybridized carbons (Fsp3) is 0.409. The van der Waals surface area contributed by atoms with E-state index in [2.05, 4.69) is 30.5 Å². The Labute approximate surface area is 173 Å². The SMILES string of the molecule is CC(C)c1cccc(N[C@@H](C)C(=O)Nc2ccc(S(=O)(=O)N3CCCC3)cc2)c1. The predicted octanol–water partition coefficient (Wildman–Crippen LogP) is 4.03. The summed E-state index contributed by atoms with van der Waals surface area (Å²) in [6.07, 6.45) is 1.80. The molecular formula is C22H29N3O3S. The van der Waals surface area contributed by atoms with Crippen LogP contribution < -0.4 is 10.6 Å². The van der Waals surface area contributed by atoms with Crippen LogP contribution in [0.4, 0.5) is 11.4 Å². The minimum absolute atomic E-state index is 0.185. The first-order chi connectivity index (χ1) is 13.8. The molecule has 1 heterocycles. The van der Waals surface area contributed by atoms with Gasteiger partial charge in [-0.3, -0.25) is 4.79 Å². The molecule has 6 nitrogen and oxygen atoms in total. The van der Waals surface area contributed by atoms with E-state index in [1.54, 1.807) is 31.2 Å². The van der Waals surface area contributed by atoms with Crippen LogP contribution in [-0.4, -0.2) is 37.8 Å². The van der Waals surface area contributed by atoms with Gasteiger partial charge in [-0.25, -0.2) is 8.42 Å². The predicted molar refractivity (Wildman–Crippen MR) is 117 cm³/mol. The number of nitrogens with one attached hydrogen (secondary N) is 2. The third-order valence-corrected chi connectivity index (χ3v) is 7.07. The second-order valence-corrected chi connectivity index (χ2v) is 9.71. The Morgan fingerprint density at radius 3 is 2.24 bits per heavy atom. The highest BCUT2D eigenvalue weighted by Crippen LogP contribution is 2.23. The lowest BCUT2D eigenvalue weighted by molar-refractivity contribution is -0.116. The average Bonchev–Trinajstić information content (AvgIpc) is 3.24. The molecule has 1 aliphatic rings. The number of carbonyl (C=O) groups excluding carboxylic acids is 1. The van der Waals surface area contributed by atoms with Gasteiger partial charge in [-0.15, -0.1) is 0 Å². The molecule has 0 unspecified atom stereocenters. The van der Waals surface area contributed by atoms with Crippen LogP contribution in [0.3, 0.4) is 0 Å². The van der Waals surface area contributed by atoms with E-state index in [1.807, 2.05) is 18.2 Å². The Balaban J connectivity index is 1.62. The molecule has 0 spiro atoms. The molecule has 1 fully saturated rings. The highest BCUT2D eigenvalue weighted by molar-refractivity contribution is 7.89. The summed E-state index contributed by atoms with van der Waals surface area (Å²) in [6, 6.07) is 14.0. The monoisotopic (exact) mass is 415 g/mol. The quantitative estimate of drug-likeness (QED) is 0.716. The average molecular weight is 416 g/mol. The second kappa shape index (κ2) is 8.97. The van der Waals surface area contributed by atoms with Gasteiger partial charge in [-0.1, -0.05) is 26.0 Å². The van der Waals surface area contributed by atoms with Crippen molar-refractivity contribution in [3.8, 4) is 0 Å². The number of amides is 1. The third kappa shape index (κ3) is 5.16. The van der Waals surface area contributed by atoms with Crippen LogP contribution in [0.25, 0.3) is 0 Å². The number of sulfonamides is 1. The maximum atomic E-state index is 12.6. The maximum Gasteiger partial charge on any atom is 0.246 e. The van der Waals surface area contributed by atoms with E-state index >= 15 is 0 Å². The molecule has 7 heteroatoms. The summed E-state index contributed by atoms with van der Waals surface area (Å²) in [5, 5.41) is 6.05. The maximum absolute atomic E-state index is 12.6. The van der Waals surface area contributed by atoms with E-state index in [4.69, 9.17) is 0 Å². The van der Waals surface area contributed by atoms with Crippen molar-refractivity contribution in [1.29, 1.82) is 0 Å². The van der Waals surface area contributed by atoms with Gasteiger partial charge in [0.25, 0.3) is 0 Å². The van der Waals surface area contributed by atoms with Gasteiger partial charge in [0, 0.05) is 24.5 Å². The lowest BCUT2D eigenvalue weighted by atomic mass is 10.0. The van der Waals surface area contributed by atoms with Gasteiger partial charge in [0.2, 0.25) is 15.9 Å². The van der Waals surface area contributed by atoms with E-state index in [-0.39, 0.29) is 10.8 Å². The summed E-state index contributed by atoms with van der Waals surface area (Å²) >= 11 is 0. The first-order valence-corrected chi connectivity index (χ1v) is 11.5. The molecule has 0 radical (unpaired) electrons. The Morgan fingerprint density at radius 2 is 1.62 bits per heavy atom. The van der Waals surface area contributed by atoms with E-state index in [1.165, 1.54) is 9.87 Å². The highest BCUT2D eigenvalue weighted by atomic mass is 32.2. The van der Waals surface area contributed by atoms with Gasteiger partial charge >= 0.3 is 0 Å². The van der Waals surface area contributed by atoms with Crippen molar-refractivity contribution < 1.29 is 13.2 Å². The zero-order valence-corrected chi connectivity index (χ0v) is 18.0. The number of nitrogens with zero attached hydrogens (tertiary/aromatic N) is 1. The van der Waals surface area contributed by atoms with Crippen molar-refractivity contribution >= 4 is 27.3 Å². The number of benzene rings is 2. The molecule has 1 saturated heterocycles. The van der Waals surface area contributed by atoms with Gasteiger partial charge in [0.1, 0.15) is 6.04 Å². The fourth-order valence-corrected chi connectivity index (χ4v) is 4.86. The van der Waals surface area contributed by atoms with Gasteiger partial charge in [-0.05, 0) is 67.6 Å². The fourth-order valence-electron chi connectivity index (χ4n) is 3.34. The Bertz CT molecular complexity index is 950. The summed E-state index contributed by atoms with van der Waals surface area (Å²) < 4.78 is 26.7. The summed E-state index contributed by atoms with van der Waals surface area (Å²) in [5.74, 6) is 0.228. The molecule has 0 aromatic heterocycles. The minimum Gasteiger partial charge on any atom is -0.374 e. The zero-order chi connectivity index (χ0) is 21.0. The third-order valence-electron chi connectivity index (χ3n) is 5.15. The second-order valence-electron chi connectivity index (χ2n) is 7.77. The van der Waals surface area contributed by atoms with E-state index in [0.717, 1.165) is 18.5 Å². The molecule has 1 aliphatic heterocycles. The van der Waals surface area contributed by atoms with E-state index in [0.29, 0.717) is 24.7 Å². The van der Waals surface area contributed by atoms with Crippen LogP contribution in [0.5, 0.6) is 0 Å². The van der Waals surface area contributed by atoms with Crippen molar-refractivity contribution in [3.05, 3.63) is 54.1 Å². The lowest BCUT2D eigenvalue weighted by Gasteiger charge is -2.17. The number of anilines is 2. The first kappa shape index (κ1) is 21.3. The molecule has 1 amide bonds. The van der Waals surface area contributed by atoms with Crippen LogP contribution in [-0.2, 0) is 14.8 Å². The number of hydrogen-bond donors (Lipinski definition) is 2. The Morgan fingerprint density at radius 1 is 0.966 bits per heavy atom. The van der Waals surface area contributed by atoms with Crippen molar-refractivity contribution in [2.45, 2.75) is 50.5 Å². The molecule has 2 aromatic rings. The highest BCUT2D eigenvalue weighted by Gasteiger charge is 2.27. The topological polar surface area (TPSA) is 78.5 Å². The molecule has 0 bridgehead atoms. The Kier molecular flexibility index (Phi) is 6.59. The van der Waals surface area contributed by atoms with Crippen LogP contribution in [0.1, 0.15) is 45.1 Å². The number of carbonyl (C=O) groups is 1. The normalized spacial score (nSPS) is 16.0. The van der Waals surface area contributed by atoms with Gasteiger partial charge < -0.3 is 10.6 Å². The van der Waals surface area contributed by atoms with Crippen molar-refractivity contribution in [1.82, 2.24) is 4.31 Å². The van der Waals surface area contributed by atoms with E-state index < -0.39 is 16.1 Å². The lowest BCUT2D eigenvalue weighted by Crippen LogP contribution is -2.32. The van der Waals surface area contributed by atoms with Crippen LogP contribution >= 0.6 is 0 Å². The van der Waals surface area contributed by atoms with Crippen LogP contribution in [0.2, 0.25) is 0 Å². The zero-order valence-electron chi connectivity index (χ0n) is 17.2. The van der Waals surface area contributed by atoms with Crippen molar-refractivity contribution in [2.24, 2.45) is 0 Å². The van der Waals surface area contributed by atoms with E-state index in [9.17, 15) is 13.2 Å². The molecule has 2 N–H and O–H groups in total. The van der Waals surface area contributed by atoms with Gasteiger partial charge in [-0.2, -0.15) is 4.31 Å². The summed E-state index contributed by atoms with van der Waals surface area (Å²) in [6.45, 7) is 7.19. The summed E-state index contributed by atoms with van der Waals surface area (Å²) in [7, 11) is -3.44. The van der Waals surface area contributed by atoms with Crippen LogP contribution in [0.15, 0.2) is 53.4 Å². The summed E-state index contributed by atoms with van der Waals surface area (Å²) in [4.78, 5) is 12.8. The first-order valence-electron chi connectivity index (χ1n) is 10.0. The largest absolute Gasteiger partial charge is 0.374 e. The molecular weight excluding hydrogens is 386 g/mol. The smallest absolute Gasteiger partial charge is 0.246 e. The van der Waals surface area contributed by atoms with Crippen LogP contribution in [0, 0.1) is 0 Å². The number of rotatable bonds is 7. The molecule has 3 rings (SSSR count). The summed E-state index contributed by atoms with van der Waals surface area (Å²) in [5.41, 5.74) is 2.67. The van der Waals surface area contributed by atoms with Crippen molar-refractivity contribution in [2.75, 3.05) is 23.7 Å². The molecule has 0 aliphatic carbocycles. The molecule has 2 aromatic carbocycles.